The zero-order valence-electron chi connectivity index (χ0n) is 7.57. The third-order valence-electron chi connectivity index (χ3n) is 2.10. The Morgan fingerprint density at radius 1 is 1.31 bits per heavy atom. The van der Waals surface area contributed by atoms with Gasteiger partial charge in [0.1, 0.15) is 12.6 Å². The van der Waals surface area contributed by atoms with E-state index in [1.807, 2.05) is 31.2 Å². The lowest BCUT2D eigenvalue weighted by molar-refractivity contribution is -0.113. The Bertz CT molecular complexity index is 305. The van der Waals surface area contributed by atoms with Crippen LogP contribution in [0.3, 0.4) is 0 Å². The minimum absolute atomic E-state index is 0.272. The van der Waals surface area contributed by atoms with Gasteiger partial charge in [-0.3, -0.25) is 0 Å². The average Bonchev–Trinajstić information content (AvgIpc) is 2.16. The van der Waals surface area contributed by atoms with Gasteiger partial charge in [0.15, 0.2) is 0 Å². The summed E-state index contributed by atoms with van der Waals surface area (Å²) in [6.45, 7) is 1.94. The summed E-state index contributed by atoms with van der Waals surface area (Å²) in [6, 6.07) is 7.62. The second-order valence-electron chi connectivity index (χ2n) is 3.00. The fourth-order valence-corrected chi connectivity index (χ4v) is 1.36. The van der Waals surface area contributed by atoms with Gasteiger partial charge >= 0.3 is 0 Å². The summed E-state index contributed by atoms with van der Waals surface area (Å²) in [6.07, 6.45) is 1.89. The largest absolute Gasteiger partial charge is 0.303 e. The molecule has 2 heteroatoms. The molecule has 0 fully saturated rings. The zero-order valence-corrected chi connectivity index (χ0v) is 7.57. The van der Waals surface area contributed by atoms with E-state index in [-0.39, 0.29) is 12.3 Å². The molecule has 1 unspecified atom stereocenters. The molecule has 0 radical (unpaired) electrons. The maximum absolute atomic E-state index is 10.7. The van der Waals surface area contributed by atoms with Crippen LogP contribution in [0.2, 0.25) is 0 Å². The van der Waals surface area contributed by atoms with Crippen molar-refractivity contribution >= 4 is 12.6 Å². The van der Waals surface area contributed by atoms with Crippen LogP contribution in [0.5, 0.6) is 0 Å². The topological polar surface area (TPSA) is 34.1 Å². The molecule has 1 atom stereocenters. The van der Waals surface area contributed by atoms with Gasteiger partial charge in [0, 0.05) is 12.3 Å². The molecule has 0 bridgehead atoms. The van der Waals surface area contributed by atoms with Crippen LogP contribution in [-0.4, -0.2) is 12.6 Å². The van der Waals surface area contributed by atoms with Crippen molar-refractivity contribution in [2.45, 2.75) is 19.3 Å². The van der Waals surface area contributed by atoms with Gasteiger partial charge in [-0.05, 0) is 18.1 Å². The molecule has 2 nitrogen and oxygen atoms in total. The fraction of sp³-hybridized carbons (Fsp3) is 0.273. The zero-order chi connectivity index (χ0) is 9.68. The summed E-state index contributed by atoms with van der Waals surface area (Å²) in [7, 11) is 0. The summed E-state index contributed by atoms with van der Waals surface area (Å²) >= 11 is 0. The van der Waals surface area contributed by atoms with E-state index in [1.54, 1.807) is 0 Å². The second-order valence-corrected chi connectivity index (χ2v) is 3.00. The van der Waals surface area contributed by atoms with Gasteiger partial charge < -0.3 is 9.59 Å². The number of benzene rings is 1. The van der Waals surface area contributed by atoms with Crippen LogP contribution in [0.25, 0.3) is 0 Å². The van der Waals surface area contributed by atoms with Crippen molar-refractivity contribution in [3.05, 3.63) is 35.4 Å². The molecule has 0 N–H and O–H groups in total. The summed E-state index contributed by atoms with van der Waals surface area (Å²) in [5, 5.41) is 0. The summed E-state index contributed by atoms with van der Waals surface area (Å²) in [5.74, 6) is -0.279. The Hall–Kier alpha value is -1.44. The predicted octanol–water partition coefficient (Wildman–Crippen LogP) is 1.87. The number of carbonyl (C=O) groups is 2. The molecule has 0 amide bonds. The first kappa shape index (κ1) is 9.65. The molecule has 0 aliphatic carbocycles. The molecular formula is C11H12O2. The molecule has 0 heterocycles. The fourth-order valence-electron chi connectivity index (χ4n) is 1.36. The highest BCUT2D eigenvalue weighted by atomic mass is 16.1. The number of carbonyl (C=O) groups excluding carboxylic acids is 2. The van der Waals surface area contributed by atoms with Gasteiger partial charge in [0.2, 0.25) is 0 Å². The van der Waals surface area contributed by atoms with Crippen molar-refractivity contribution in [3.8, 4) is 0 Å². The SMILES string of the molecule is Cc1ccccc1C(C=O)CC=O. The van der Waals surface area contributed by atoms with E-state index in [1.165, 1.54) is 0 Å². The predicted molar refractivity (Wildman–Crippen MR) is 50.7 cm³/mol. The number of rotatable bonds is 4. The Morgan fingerprint density at radius 2 is 2.00 bits per heavy atom. The van der Waals surface area contributed by atoms with Gasteiger partial charge in [0.25, 0.3) is 0 Å². The highest BCUT2D eigenvalue weighted by molar-refractivity contribution is 5.69. The molecule has 0 aliphatic rings. The van der Waals surface area contributed by atoms with Crippen molar-refractivity contribution in [2.75, 3.05) is 0 Å². The summed E-state index contributed by atoms with van der Waals surface area (Å²) < 4.78 is 0. The highest BCUT2D eigenvalue weighted by Gasteiger charge is 2.10. The Kier molecular flexibility index (Phi) is 3.38. The van der Waals surface area contributed by atoms with Crippen LogP contribution in [0.15, 0.2) is 24.3 Å². The van der Waals surface area contributed by atoms with Gasteiger partial charge in [-0.2, -0.15) is 0 Å². The maximum Gasteiger partial charge on any atom is 0.127 e. The number of hydrogen-bond acceptors (Lipinski definition) is 2. The van der Waals surface area contributed by atoms with E-state index in [0.717, 1.165) is 23.7 Å². The first-order valence-corrected chi connectivity index (χ1v) is 4.24. The lowest BCUT2D eigenvalue weighted by atomic mass is 9.94. The van der Waals surface area contributed by atoms with Crippen molar-refractivity contribution in [1.82, 2.24) is 0 Å². The second kappa shape index (κ2) is 4.55. The van der Waals surface area contributed by atoms with E-state index in [4.69, 9.17) is 0 Å². The van der Waals surface area contributed by atoms with Crippen molar-refractivity contribution in [1.29, 1.82) is 0 Å². The standard InChI is InChI=1S/C11H12O2/c1-9-4-2-3-5-11(9)10(8-13)6-7-12/h2-5,7-8,10H,6H2,1H3. The van der Waals surface area contributed by atoms with E-state index in [9.17, 15) is 9.59 Å². The molecule has 0 aromatic heterocycles. The van der Waals surface area contributed by atoms with Gasteiger partial charge in [0.05, 0.1) is 0 Å². The minimum atomic E-state index is -0.279. The summed E-state index contributed by atoms with van der Waals surface area (Å²) in [5.41, 5.74) is 2.01. The number of aryl methyl sites for hydroxylation is 1. The van der Waals surface area contributed by atoms with E-state index < -0.39 is 0 Å². The molecule has 1 aromatic carbocycles. The van der Waals surface area contributed by atoms with Crippen LogP contribution in [0.4, 0.5) is 0 Å². The molecule has 1 aromatic rings. The smallest absolute Gasteiger partial charge is 0.127 e. The lowest BCUT2D eigenvalue weighted by Gasteiger charge is -2.09. The van der Waals surface area contributed by atoms with Crippen molar-refractivity contribution < 1.29 is 9.59 Å². The molecule has 0 spiro atoms. The highest BCUT2D eigenvalue weighted by Crippen LogP contribution is 2.19. The molecule has 0 saturated carbocycles. The van der Waals surface area contributed by atoms with Crippen LogP contribution in [0, 0.1) is 6.92 Å². The quantitative estimate of drug-likeness (QED) is 0.656. The third kappa shape index (κ3) is 2.25. The Morgan fingerprint density at radius 3 is 2.54 bits per heavy atom. The first-order valence-electron chi connectivity index (χ1n) is 4.24. The number of hydrogen-bond donors (Lipinski definition) is 0. The Balaban J connectivity index is 2.96. The van der Waals surface area contributed by atoms with Crippen molar-refractivity contribution in [3.63, 3.8) is 0 Å². The summed E-state index contributed by atoms with van der Waals surface area (Å²) in [4.78, 5) is 21.0. The average molecular weight is 176 g/mol. The molecular weight excluding hydrogens is 164 g/mol. The molecule has 68 valence electrons. The normalized spacial score (nSPS) is 12.1. The van der Waals surface area contributed by atoms with Crippen LogP contribution >= 0.6 is 0 Å². The first-order chi connectivity index (χ1) is 6.29. The monoisotopic (exact) mass is 176 g/mol. The van der Waals surface area contributed by atoms with Crippen LogP contribution < -0.4 is 0 Å². The van der Waals surface area contributed by atoms with E-state index in [2.05, 4.69) is 0 Å². The van der Waals surface area contributed by atoms with Crippen LogP contribution in [-0.2, 0) is 9.59 Å². The van der Waals surface area contributed by atoms with Gasteiger partial charge in [-0.25, -0.2) is 0 Å². The third-order valence-corrected chi connectivity index (χ3v) is 2.10. The molecule has 0 aliphatic heterocycles. The van der Waals surface area contributed by atoms with Crippen LogP contribution in [0.1, 0.15) is 23.5 Å². The molecule has 1 rings (SSSR count). The van der Waals surface area contributed by atoms with E-state index >= 15 is 0 Å². The molecule has 13 heavy (non-hydrogen) atoms. The van der Waals surface area contributed by atoms with Crippen molar-refractivity contribution in [2.24, 2.45) is 0 Å². The minimum Gasteiger partial charge on any atom is -0.303 e. The lowest BCUT2D eigenvalue weighted by Crippen LogP contribution is -2.02. The Labute approximate surface area is 77.6 Å². The van der Waals surface area contributed by atoms with Gasteiger partial charge in [-0.15, -0.1) is 0 Å². The number of aldehydes is 2. The maximum atomic E-state index is 10.7. The van der Waals surface area contributed by atoms with E-state index in [0.29, 0.717) is 0 Å². The van der Waals surface area contributed by atoms with Gasteiger partial charge in [-0.1, -0.05) is 24.3 Å². The molecule has 0 saturated heterocycles.